The van der Waals surface area contributed by atoms with Gasteiger partial charge in [-0.05, 0) is 37.8 Å². The molecule has 1 aliphatic heterocycles. The number of anilines is 1. The standard InChI is InChI=1S/C21H27N5O2/c1-16(20(28)25-21-22-12-5-13-23-21)26-14-10-18(11-15-26)24-19(27)9-8-17-6-3-2-4-7-17/h2-7,12-13,16,18H,8-11,14-15H2,1H3,(H,24,27)(H,22,23,25,28)/t16-/m0/s1. The topological polar surface area (TPSA) is 87.2 Å². The molecule has 3 rings (SSSR count). The SMILES string of the molecule is C[C@@H](C(=O)Nc1ncccn1)N1CCC(NC(=O)CCc2ccccc2)CC1. The fourth-order valence-electron chi connectivity index (χ4n) is 3.38. The molecule has 148 valence electrons. The summed E-state index contributed by atoms with van der Waals surface area (Å²) >= 11 is 0. The lowest BCUT2D eigenvalue weighted by molar-refractivity contribution is -0.123. The van der Waals surface area contributed by atoms with Crippen molar-refractivity contribution in [1.29, 1.82) is 0 Å². The second kappa shape index (κ2) is 9.94. The van der Waals surface area contributed by atoms with E-state index in [4.69, 9.17) is 0 Å². The molecule has 0 radical (unpaired) electrons. The Labute approximate surface area is 165 Å². The first-order valence-electron chi connectivity index (χ1n) is 9.77. The monoisotopic (exact) mass is 381 g/mol. The van der Waals surface area contributed by atoms with Crippen LogP contribution in [-0.4, -0.2) is 51.9 Å². The highest BCUT2D eigenvalue weighted by molar-refractivity contribution is 5.93. The van der Waals surface area contributed by atoms with Gasteiger partial charge in [0.15, 0.2) is 0 Å². The van der Waals surface area contributed by atoms with Crippen LogP contribution in [0.5, 0.6) is 0 Å². The zero-order chi connectivity index (χ0) is 19.8. The molecule has 0 unspecified atom stereocenters. The molecule has 0 bridgehead atoms. The van der Waals surface area contributed by atoms with E-state index in [9.17, 15) is 9.59 Å². The van der Waals surface area contributed by atoms with Crippen LogP contribution in [0.4, 0.5) is 5.95 Å². The van der Waals surface area contributed by atoms with Gasteiger partial charge in [0, 0.05) is 37.9 Å². The van der Waals surface area contributed by atoms with Crippen LogP contribution in [0.1, 0.15) is 31.7 Å². The van der Waals surface area contributed by atoms with E-state index in [1.54, 1.807) is 18.5 Å². The summed E-state index contributed by atoms with van der Waals surface area (Å²) in [7, 11) is 0. The highest BCUT2D eigenvalue weighted by Crippen LogP contribution is 2.14. The van der Waals surface area contributed by atoms with E-state index in [1.807, 2.05) is 37.3 Å². The average molecular weight is 381 g/mol. The van der Waals surface area contributed by atoms with Crippen LogP contribution in [-0.2, 0) is 16.0 Å². The largest absolute Gasteiger partial charge is 0.353 e. The van der Waals surface area contributed by atoms with Gasteiger partial charge < -0.3 is 5.32 Å². The number of piperidine rings is 1. The normalized spacial score (nSPS) is 16.3. The van der Waals surface area contributed by atoms with Gasteiger partial charge >= 0.3 is 0 Å². The third kappa shape index (κ3) is 5.85. The van der Waals surface area contributed by atoms with Crippen LogP contribution >= 0.6 is 0 Å². The number of carbonyl (C=O) groups is 2. The Morgan fingerprint density at radius 3 is 2.46 bits per heavy atom. The minimum Gasteiger partial charge on any atom is -0.353 e. The van der Waals surface area contributed by atoms with E-state index in [0.29, 0.717) is 12.4 Å². The highest BCUT2D eigenvalue weighted by Gasteiger charge is 2.27. The van der Waals surface area contributed by atoms with E-state index in [1.165, 1.54) is 5.56 Å². The Bertz CT molecular complexity index is 761. The van der Waals surface area contributed by atoms with Crippen molar-refractivity contribution in [2.45, 2.75) is 44.7 Å². The Hall–Kier alpha value is -2.80. The molecule has 2 aromatic rings. The molecule has 0 saturated carbocycles. The van der Waals surface area contributed by atoms with E-state index in [2.05, 4.69) is 25.5 Å². The third-order valence-electron chi connectivity index (χ3n) is 5.11. The average Bonchev–Trinajstić information content (AvgIpc) is 2.74. The van der Waals surface area contributed by atoms with Gasteiger partial charge in [0.05, 0.1) is 6.04 Å². The van der Waals surface area contributed by atoms with E-state index in [0.717, 1.165) is 32.4 Å². The number of likely N-dealkylation sites (tertiary alicyclic amines) is 1. The fraction of sp³-hybridized carbons (Fsp3) is 0.429. The number of aryl methyl sites for hydroxylation is 1. The molecular weight excluding hydrogens is 354 g/mol. The maximum Gasteiger partial charge on any atom is 0.243 e. The Morgan fingerprint density at radius 2 is 1.79 bits per heavy atom. The summed E-state index contributed by atoms with van der Waals surface area (Å²) in [6, 6.07) is 11.7. The predicted molar refractivity (Wildman–Crippen MR) is 108 cm³/mol. The molecular formula is C21H27N5O2. The molecule has 1 aromatic heterocycles. The van der Waals surface area contributed by atoms with Gasteiger partial charge in [-0.15, -0.1) is 0 Å². The molecule has 2 amide bonds. The highest BCUT2D eigenvalue weighted by atomic mass is 16.2. The number of hydrogen-bond donors (Lipinski definition) is 2. The summed E-state index contributed by atoms with van der Waals surface area (Å²) in [6.07, 6.45) is 6.13. The molecule has 7 heteroatoms. The molecule has 2 N–H and O–H groups in total. The Morgan fingerprint density at radius 1 is 1.11 bits per heavy atom. The molecule has 0 spiro atoms. The maximum absolute atomic E-state index is 12.4. The van der Waals surface area contributed by atoms with Gasteiger partial charge in [-0.25, -0.2) is 9.97 Å². The number of hydrogen-bond acceptors (Lipinski definition) is 5. The van der Waals surface area contributed by atoms with Crippen LogP contribution in [0.2, 0.25) is 0 Å². The molecule has 1 aromatic carbocycles. The first kappa shape index (κ1) is 19.9. The van der Waals surface area contributed by atoms with Crippen molar-refractivity contribution in [2.75, 3.05) is 18.4 Å². The Kier molecular flexibility index (Phi) is 7.08. The molecule has 1 aliphatic rings. The van der Waals surface area contributed by atoms with Crippen molar-refractivity contribution in [3.63, 3.8) is 0 Å². The number of nitrogens with one attached hydrogen (secondary N) is 2. The number of aromatic nitrogens is 2. The van der Waals surface area contributed by atoms with Crippen molar-refractivity contribution in [1.82, 2.24) is 20.2 Å². The second-order valence-electron chi connectivity index (χ2n) is 7.10. The van der Waals surface area contributed by atoms with E-state index >= 15 is 0 Å². The number of benzene rings is 1. The number of carbonyl (C=O) groups excluding carboxylic acids is 2. The minimum atomic E-state index is -0.265. The molecule has 2 heterocycles. The molecule has 7 nitrogen and oxygen atoms in total. The third-order valence-corrected chi connectivity index (χ3v) is 5.11. The summed E-state index contributed by atoms with van der Waals surface area (Å²) in [6.45, 7) is 3.43. The van der Waals surface area contributed by atoms with Crippen molar-refractivity contribution < 1.29 is 9.59 Å². The van der Waals surface area contributed by atoms with Crippen LogP contribution in [0.25, 0.3) is 0 Å². The lowest BCUT2D eigenvalue weighted by Crippen LogP contribution is -2.50. The molecule has 0 aliphatic carbocycles. The predicted octanol–water partition coefficient (Wildman–Crippen LogP) is 2.02. The first-order valence-corrected chi connectivity index (χ1v) is 9.77. The molecule has 1 fully saturated rings. The fourth-order valence-corrected chi connectivity index (χ4v) is 3.38. The molecule has 28 heavy (non-hydrogen) atoms. The van der Waals surface area contributed by atoms with Crippen LogP contribution < -0.4 is 10.6 Å². The van der Waals surface area contributed by atoms with Crippen molar-refractivity contribution in [3.8, 4) is 0 Å². The smallest absolute Gasteiger partial charge is 0.243 e. The van der Waals surface area contributed by atoms with Crippen molar-refractivity contribution >= 4 is 17.8 Å². The van der Waals surface area contributed by atoms with Crippen LogP contribution in [0.15, 0.2) is 48.8 Å². The zero-order valence-corrected chi connectivity index (χ0v) is 16.2. The first-order chi connectivity index (χ1) is 13.6. The second-order valence-corrected chi connectivity index (χ2v) is 7.10. The summed E-state index contributed by atoms with van der Waals surface area (Å²) < 4.78 is 0. The maximum atomic E-state index is 12.4. The number of rotatable bonds is 7. The molecule has 1 atom stereocenters. The van der Waals surface area contributed by atoms with Crippen molar-refractivity contribution in [2.24, 2.45) is 0 Å². The van der Waals surface area contributed by atoms with E-state index in [-0.39, 0.29) is 23.9 Å². The number of nitrogens with zero attached hydrogens (tertiary/aromatic N) is 3. The summed E-state index contributed by atoms with van der Waals surface area (Å²) in [5, 5.41) is 5.87. The lowest BCUT2D eigenvalue weighted by atomic mass is 10.0. The van der Waals surface area contributed by atoms with Gasteiger partial charge in [-0.3, -0.25) is 19.8 Å². The minimum absolute atomic E-state index is 0.0920. The summed E-state index contributed by atoms with van der Waals surface area (Å²) in [4.78, 5) is 34.8. The Balaban J connectivity index is 1.38. The van der Waals surface area contributed by atoms with Gasteiger partial charge in [-0.1, -0.05) is 30.3 Å². The zero-order valence-electron chi connectivity index (χ0n) is 16.2. The van der Waals surface area contributed by atoms with Gasteiger partial charge in [-0.2, -0.15) is 0 Å². The molecule has 1 saturated heterocycles. The van der Waals surface area contributed by atoms with Gasteiger partial charge in [0.1, 0.15) is 0 Å². The quantitative estimate of drug-likeness (QED) is 0.766. The lowest BCUT2D eigenvalue weighted by Gasteiger charge is -2.35. The van der Waals surface area contributed by atoms with Gasteiger partial charge in [0.25, 0.3) is 0 Å². The summed E-state index contributed by atoms with van der Waals surface area (Å²) in [5.74, 6) is 0.297. The van der Waals surface area contributed by atoms with Crippen molar-refractivity contribution in [3.05, 3.63) is 54.4 Å². The van der Waals surface area contributed by atoms with Crippen LogP contribution in [0.3, 0.4) is 0 Å². The number of amides is 2. The van der Waals surface area contributed by atoms with E-state index < -0.39 is 0 Å². The summed E-state index contributed by atoms with van der Waals surface area (Å²) in [5.41, 5.74) is 1.18. The van der Waals surface area contributed by atoms with Gasteiger partial charge in [0.2, 0.25) is 17.8 Å². The van der Waals surface area contributed by atoms with Crippen LogP contribution in [0, 0.1) is 0 Å².